The third-order valence-corrected chi connectivity index (χ3v) is 5.30. The van der Waals surface area contributed by atoms with E-state index in [-0.39, 0.29) is 0 Å². The van der Waals surface area contributed by atoms with Crippen LogP contribution in [0.25, 0.3) is 0 Å². The summed E-state index contributed by atoms with van der Waals surface area (Å²) < 4.78 is 29.4. The quantitative estimate of drug-likeness (QED) is 0.765. The van der Waals surface area contributed by atoms with E-state index < -0.39 is 10.0 Å². The van der Waals surface area contributed by atoms with Crippen LogP contribution in [0.5, 0.6) is 0 Å². The first kappa shape index (κ1) is 15.5. The second-order valence-corrected chi connectivity index (χ2v) is 7.48. The van der Waals surface area contributed by atoms with Gasteiger partial charge in [0.1, 0.15) is 0 Å². The molecule has 2 atom stereocenters. The fourth-order valence-electron chi connectivity index (χ4n) is 2.43. The Morgan fingerprint density at radius 1 is 1.45 bits per heavy atom. The maximum Gasteiger partial charge on any atom is 0.242 e. The number of aryl methyl sites for hydroxylation is 1. The van der Waals surface area contributed by atoms with Gasteiger partial charge in [-0.2, -0.15) is 0 Å². The minimum atomic E-state index is -3.38. The van der Waals surface area contributed by atoms with E-state index in [2.05, 4.69) is 23.9 Å². The Morgan fingerprint density at radius 2 is 2.15 bits per heavy atom. The maximum absolute atomic E-state index is 12.3. The molecule has 2 rings (SSSR count). The number of nitrogens with one attached hydrogen (secondary N) is 2. The van der Waals surface area contributed by atoms with Gasteiger partial charge in [0.05, 0.1) is 4.90 Å². The number of hydrogen-bond donors (Lipinski definition) is 2. The van der Waals surface area contributed by atoms with Crippen molar-refractivity contribution in [1.82, 2.24) is 14.6 Å². The van der Waals surface area contributed by atoms with Crippen LogP contribution < -0.4 is 10.0 Å². The van der Waals surface area contributed by atoms with E-state index in [1.165, 1.54) is 0 Å². The SMILES string of the molecule is CCCn1cc(S(=O)(=O)NCC2CC2C)cc1CNC. The van der Waals surface area contributed by atoms with Gasteiger partial charge in [0.15, 0.2) is 0 Å². The van der Waals surface area contributed by atoms with Crippen molar-refractivity contribution in [1.29, 1.82) is 0 Å². The van der Waals surface area contributed by atoms with Gasteiger partial charge in [-0.05, 0) is 37.8 Å². The van der Waals surface area contributed by atoms with Crippen LogP contribution in [0.4, 0.5) is 0 Å². The van der Waals surface area contributed by atoms with Crippen molar-refractivity contribution in [3.8, 4) is 0 Å². The molecule has 0 aromatic carbocycles. The second-order valence-electron chi connectivity index (χ2n) is 5.72. The van der Waals surface area contributed by atoms with E-state index in [0.717, 1.165) is 25.1 Å². The number of rotatable bonds is 8. The van der Waals surface area contributed by atoms with Crippen molar-refractivity contribution in [2.75, 3.05) is 13.6 Å². The topological polar surface area (TPSA) is 63.1 Å². The van der Waals surface area contributed by atoms with Gasteiger partial charge in [0, 0.05) is 31.5 Å². The van der Waals surface area contributed by atoms with Crippen LogP contribution in [-0.2, 0) is 23.1 Å². The summed E-state index contributed by atoms with van der Waals surface area (Å²) in [6.45, 7) is 6.32. The van der Waals surface area contributed by atoms with Crippen molar-refractivity contribution in [3.05, 3.63) is 18.0 Å². The molecule has 1 aliphatic rings. The monoisotopic (exact) mass is 299 g/mol. The average Bonchev–Trinajstić information content (AvgIpc) is 2.95. The zero-order valence-electron chi connectivity index (χ0n) is 12.5. The van der Waals surface area contributed by atoms with Gasteiger partial charge < -0.3 is 9.88 Å². The number of nitrogens with zero attached hydrogens (tertiary/aromatic N) is 1. The Kier molecular flexibility index (Phi) is 4.88. The van der Waals surface area contributed by atoms with Crippen LogP contribution in [0, 0.1) is 11.8 Å². The van der Waals surface area contributed by atoms with Crippen LogP contribution in [-0.4, -0.2) is 26.6 Å². The van der Waals surface area contributed by atoms with E-state index in [1.54, 1.807) is 12.3 Å². The molecule has 2 unspecified atom stereocenters. The molecule has 1 aliphatic carbocycles. The predicted octanol–water partition coefficient (Wildman–Crippen LogP) is 1.55. The van der Waals surface area contributed by atoms with Gasteiger partial charge in [-0.3, -0.25) is 0 Å². The fourth-order valence-corrected chi connectivity index (χ4v) is 3.59. The lowest BCUT2D eigenvalue weighted by Crippen LogP contribution is -2.25. The highest BCUT2D eigenvalue weighted by molar-refractivity contribution is 7.89. The zero-order valence-corrected chi connectivity index (χ0v) is 13.3. The molecule has 114 valence electrons. The first-order valence-electron chi connectivity index (χ1n) is 7.31. The normalized spacial score (nSPS) is 22.1. The van der Waals surface area contributed by atoms with Gasteiger partial charge in [0.2, 0.25) is 10.0 Å². The zero-order chi connectivity index (χ0) is 14.8. The molecule has 0 saturated heterocycles. The maximum atomic E-state index is 12.3. The van der Waals surface area contributed by atoms with Crippen molar-refractivity contribution < 1.29 is 8.42 Å². The van der Waals surface area contributed by atoms with Crippen LogP contribution in [0.1, 0.15) is 32.4 Å². The molecular weight excluding hydrogens is 274 g/mol. The Morgan fingerprint density at radius 3 is 2.70 bits per heavy atom. The Balaban J connectivity index is 2.11. The summed E-state index contributed by atoms with van der Waals surface area (Å²) in [5.74, 6) is 1.17. The highest BCUT2D eigenvalue weighted by Gasteiger charge is 2.33. The minimum absolute atomic E-state index is 0.379. The average molecular weight is 299 g/mol. The lowest BCUT2D eigenvalue weighted by Gasteiger charge is -2.06. The molecule has 0 radical (unpaired) electrons. The number of sulfonamides is 1. The largest absolute Gasteiger partial charge is 0.349 e. The van der Waals surface area contributed by atoms with E-state index in [9.17, 15) is 8.42 Å². The van der Waals surface area contributed by atoms with Crippen molar-refractivity contribution >= 4 is 10.0 Å². The van der Waals surface area contributed by atoms with Gasteiger partial charge in [-0.1, -0.05) is 13.8 Å². The van der Waals surface area contributed by atoms with Crippen LogP contribution >= 0.6 is 0 Å². The molecule has 0 amide bonds. The molecule has 0 aliphatic heterocycles. The molecule has 20 heavy (non-hydrogen) atoms. The molecule has 1 aromatic heterocycles. The lowest BCUT2D eigenvalue weighted by atomic mass is 10.3. The molecule has 1 saturated carbocycles. The summed E-state index contributed by atoms with van der Waals surface area (Å²) in [6, 6.07) is 1.77. The molecule has 1 heterocycles. The first-order valence-corrected chi connectivity index (χ1v) is 8.79. The summed E-state index contributed by atoms with van der Waals surface area (Å²) in [5, 5.41) is 3.08. The number of hydrogen-bond acceptors (Lipinski definition) is 3. The van der Waals surface area contributed by atoms with Crippen LogP contribution in [0.3, 0.4) is 0 Å². The third kappa shape index (κ3) is 3.62. The number of aromatic nitrogens is 1. The third-order valence-electron chi connectivity index (χ3n) is 3.91. The first-order chi connectivity index (χ1) is 9.47. The molecule has 5 nitrogen and oxygen atoms in total. The van der Waals surface area contributed by atoms with Crippen molar-refractivity contribution in [2.24, 2.45) is 11.8 Å². The lowest BCUT2D eigenvalue weighted by molar-refractivity contribution is 0.573. The van der Waals surface area contributed by atoms with Gasteiger partial charge >= 0.3 is 0 Å². The molecule has 6 heteroatoms. The Bertz CT molecular complexity index is 527. The highest BCUT2D eigenvalue weighted by atomic mass is 32.2. The van der Waals surface area contributed by atoms with E-state index in [1.807, 2.05) is 11.6 Å². The molecule has 1 fully saturated rings. The Labute approximate surface area is 121 Å². The summed E-state index contributed by atoms with van der Waals surface area (Å²) >= 11 is 0. The van der Waals surface area contributed by atoms with Gasteiger partial charge in [-0.25, -0.2) is 13.1 Å². The molecule has 1 aromatic rings. The van der Waals surface area contributed by atoms with Crippen LogP contribution in [0.15, 0.2) is 17.2 Å². The van der Waals surface area contributed by atoms with Crippen molar-refractivity contribution in [2.45, 2.75) is 44.7 Å². The molecule has 0 bridgehead atoms. The summed E-state index contributed by atoms with van der Waals surface area (Å²) in [7, 11) is -1.51. The van der Waals surface area contributed by atoms with Crippen molar-refractivity contribution in [3.63, 3.8) is 0 Å². The van der Waals surface area contributed by atoms with E-state index >= 15 is 0 Å². The minimum Gasteiger partial charge on any atom is -0.349 e. The molecule has 0 spiro atoms. The second kappa shape index (κ2) is 6.28. The standard InChI is InChI=1S/C14H25N3O2S/c1-4-5-17-10-14(7-13(17)9-15-3)20(18,19)16-8-12-6-11(12)2/h7,10-12,15-16H,4-6,8-9H2,1-3H3. The van der Waals surface area contributed by atoms with Gasteiger partial charge in [0.25, 0.3) is 0 Å². The Hall–Kier alpha value is -0.850. The predicted molar refractivity (Wildman–Crippen MR) is 79.9 cm³/mol. The molecular formula is C14H25N3O2S. The van der Waals surface area contributed by atoms with E-state index in [4.69, 9.17) is 0 Å². The fraction of sp³-hybridized carbons (Fsp3) is 0.714. The van der Waals surface area contributed by atoms with Crippen LogP contribution in [0.2, 0.25) is 0 Å². The highest BCUT2D eigenvalue weighted by Crippen LogP contribution is 2.37. The van der Waals surface area contributed by atoms with Gasteiger partial charge in [-0.15, -0.1) is 0 Å². The molecule has 2 N–H and O–H groups in total. The smallest absolute Gasteiger partial charge is 0.242 e. The summed E-state index contributed by atoms with van der Waals surface area (Å²) in [4.78, 5) is 0.379. The van der Waals surface area contributed by atoms with E-state index in [0.29, 0.717) is 29.8 Å². The summed E-state index contributed by atoms with van der Waals surface area (Å²) in [6.07, 6.45) is 3.86. The summed E-state index contributed by atoms with van der Waals surface area (Å²) in [5.41, 5.74) is 1.01.